The molecule has 0 unspecified atom stereocenters. The molecule has 2 heterocycles. The first kappa shape index (κ1) is 13.6. The number of aryl methyl sites for hydroxylation is 1. The molecular formula is C18H14N3O2+. The molecule has 0 bridgehead atoms. The van der Waals surface area contributed by atoms with Crippen LogP contribution in [0.3, 0.4) is 0 Å². The first-order chi connectivity index (χ1) is 11.2. The van der Waals surface area contributed by atoms with Crippen molar-refractivity contribution in [3.8, 4) is 0 Å². The lowest BCUT2D eigenvalue weighted by Gasteiger charge is -2.05. The second kappa shape index (κ2) is 4.98. The van der Waals surface area contributed by atoms with Gasteiger partial charge in [-0.25, -0.2) is 9.78 Å². The number of para-hydroxylation sites is 2. The molecule has 5 heteroatoms. The largest absolute Gasteiger partial charge is 0.512 e. The Bertz CT molecular complexity index is 948. The third kappa shape index (κ3) is 1.93. The number of fused-ring (bicyclic) bond motifs is 3. The van der Waals surface area contributed by atoms with Crippen molar-refractivity contribution >= 4 is 28.7 Å². The van der Waals surface area contributed by atoms with Crippen LogP contribution in [-0.4, -0.2) is 16.9 Å². The molecule has 0 spiro atoms. The summed E-state index contributed by atoms with van der Waals surface area (Å²) >= 11 is 0. The maximum Gasteiger partial charge on any atom is 0.512 e. The van der Waals surface area contributed by atoms with Crippen LogP contribution in [0.5, 0.6) is 0 Å². The molecule has 1 aliphatic heterocycles. The molecule has 0 aliphatic carbocycles. The number of imide groups is 1. The molecule has 0 atom stereocenters. The van der Waals surface area contributed by atoms with E-state index in [2.05, 4.69) is 11.9 Å². The van der Waals surface area contributed by atoms with Gasteiger partial charge in [0.2, 0.25) is 5.69 Å². The Morgan fingerprint density at radius 3 is 2.52 bits per heavy atom. The quantitative estimate of drug-likeness (QED) is 0.684. The zero-order chi connectivity index (χ0) is 16.0. The Hall–Kier alpha value is -3.08. The third-order valence-corrected chi connectivity index (χ3v) is 4.10. The monoisotopic (exact) mass is 304 g/mol. The van der Waals surface area contributed by atoms with E-state index < -0.39 is 0 Å². The molecule has 4 rings (SSSR count). The summed E-state index contributed by atoms with van der Waals surface area (Å²) in [5.41, 5.74) is 3.33. The molecule has 0 radical (unpaired) electrons. The van der Waals surface area contributed by atoms with Crippen LogP contribution in [0.15, 0.2) is 54.7 Å². The highest BCUT2D eigenvalue weighted by atomic mass is 16.2. The molecule has 0 fully saturated rings. The Morgan fingerprint density at radius 1 is 1.04 bits per heavy atom. The van der Waals surface area contributed by atoms with Gasteiger partial charge in [-0.15, -0.1) is 9.47 Å². The molecule has 0 saturated heterocycles. The van der Waals surface area contributed by atoms with Crippen molar-refractivity contribution in [3.63, 3.8) is 0 Å². The van der Waals surface area contributed by atoms with Crippen molar-refractivity contribution in [2.75, 3.05) is 4.90 Å². The number of carbonyl (C=O) groups is 2. The summed E-state index contributed by atoms with van der Waals surface area (Å²) in [7, 11) is 0. The van der Waals surface area contributed by atoms with Gasteiger partial charge in [0.05, 0.1) is 6.20 Å². The van der Waals surface area contributed by atoms with Gasteiger partial charge in [0.1, 0.15) is 11.2 Å². The third-order valence-electron chi connectivity index (χ3n) is 4.10. The Morgan fingerprint density at radius 2 is 1.78 bits per heavy atom. The van der Waals surface area contributed by atoms with Crippen LogP contribution in [-0.2, 0) is 6.42 Å². The van der Waals surface area contributed by atoms with E-state index in [4.69, 9.17) is 0 Å². The molecule has 2 aromatic carbocycles. The maximum atomic E-state index is 12.8. The molecule has 0 saturated carbocycles. The van der Waals surface area contributed by atoms with Gasteiger partial charge in [0.25, 0.3) is 0 Å². The lowest BCUT2D eigenvalue weighted by Crippen LogP contribution is -2.46. The minimum absolute atomic E-state index is 0.285. The van der Waals surface area contributed by atoms with E-state index in [-0.39, 0.29) is 17.6 Å². The van der Waals surface area contributed by atoms with Gasteiger partial charge in [-0.05, 0) is 36.2 Å². The van der Waals surface area contributed by atoms with Crippen molar-refractivity contribution in [2.45, 2.75) is 13.3 Å². The summed E-state index contributed by atoms with van der Waals surface area (Å²) < 4.78 is 1.43. The number of amides is 2. The van der Waals surface area contributed by atoms with E-state index in [1.165, 1.54) is 15.7 Å². The van der Waals surface area contributed by atoms with Gasteiger partial charge in [0, 0.05) is 0 Å². The molecule has 23 heavy (non-hydrogen) atoms. The van der Waals surface area contributed by atoms with E-state index in [0.717, 1.165) is 12.0 Å². The summed E-state index contributed by atoms with van der Waals surface area (Å²) in [6, 6.07) is 14.4. The zero-order valence-corrected chi connectivity index (χ0v) is 12.6. The van der Waals surface area contributed by atoms with Crippen LogP contribution in [0.4, 0.5) is 10.5 Å². The van der Waals surface area contributed by atoms with E-state index >= 15 is 0 Å². The highest BCUT2D eigenvalue weighted by Gasteiger charge is 2.48. The highest BCUT2D eigenvalue weighted by Crippen LogP contribution is 2.22. The first-order valence-electron chi connectivity index (χ1n) is 7.48. The Kier molecular flexibility index (Phi) is 2.94. The van der Waals surface area contributed by atoms with E-state index in [9.17, 15) is 9.59 Å². The zero-order valence-electron chi connectivity index (χ0n) is 12.6. The maximum absolute atomic E-state index is 12.8. The van der Waals surface area contributed by atoms with Crippen molar-refractivity contribution in [3.05, 3.63) is 66.0 Å². The van der Waals surface area contributed by atoms with Crippen molar-refractivity contribution in [1.82, 2.24) is 4.98 Å². The van der Waals surface area contributed by atoms with Crippen LogP contribution in [0, 0.1) is 0 Å². The predicted octanol–water partition coefficient (Wildman–Crippen LogP) is 2.71. The summed E-state index contributed by atoms with van der Waals surface area (Å²) in [5, 5.41) is 0. The standard InChI is InChI=1S/C18H14N3O2/c1-2-12-7-9-13(10-8-12)20-17(22)16-11-19-14-5-3-4-6-15(14)21(16)18(20)23/h3-11H,2H2,1H3/q+1. The van der Waals surface area contributed by atoms with E-state index in [0.29, 0.717) is 16.7 Å². The van der Waals surface area contributed by atoms with Crippen LogP contribution in [0.1, 0.15) is 23.0 Å². The van der Waals surface area contributed by atoms with Crippen LogP contribution in [0.25, 0.3) is 11.0 Å². The second-order valence-electron chi connectivity index (χ2n) is 5.41. The van der Waals surface area contributed by atoms with Gasteiger partial charge < -0.3 is 0 Å². The molecule has 3 aromatic rings. The van der Waals surface area contributed by atoms with Crippen LogP contribution in [0.2, 0.25) is 0 Å². The highest BCUT2D eigenvalue weighted by molar-refractivity contribution is 6.21. The number of carbonyl (C=O) groups excluding carboxylic acids is 2. The average molecular weight is 304 g/mol. The van der Waals surface area contributed by atoms with Crippen LogP contribution >= 0.6 is 0 Å². The predicted molar refractivity (Wildman–Crippen MR) is 85.4 cm³/mol. The minimum atomic E-state index is -0.368. The van der Waals surface area contributed by atoms with Crippen molar-refractivity contribution in [2.24, 2.45) is 0 Å². The summed E-state index contributed by atoms with van der Waals surface area (Å²) in [4.78, 5) is 30.9. The first-order valence-corrected chi connectivity index (χ1v) is 7.48. The lowest BCUT2D eigenvalue weighted by molar-refractivity contribution is -0.537. The number of benzene rings is 2. The van der Waals surface area contributed by atoms with Gasteiger partial charge in [-0.2, -0.15) is 4.79 Å². The minimum Gasteiger partial charge on any atom is -0.248 e. The summed E-state index contributed by atoms with van der Waals surface area (Å²) in [6.07, 6.45) is 2.37. The Balaban J connectivity index is 1.87. The Labute approximate surface area is 132 Å². The van der Waals surface area contributed by atoms with Crippen molar-refractivity contribution in [1.29, 1.82) is 0 Å². The molecule has 0 N–H and O–H groups in total. The average Bonchev–Trinajstić information content (AvgIpc) is 2.86. The number of anilines is 1. The fourth-order valence-corrected chi connectivity index (χ4v) is 2.85. The topological polar surface area (TPSA) is 54.2 Å². The molecule has 1 aromatic heterocycles. The molecule has 5 nitrogen and oxygen atoms in total. The SMILES string of the molecule is CCc1ccc(N2C(=O)c3cnc4ccccc4[n+]3C2=O)cc1. The van der Waals surface area contributed by atoms with E-state index in [1.54, 1.807) is 18.2 Å². The molecule has 112 valence electrons. The molecule has 2 amide bonds. The fourth-order valence-electron chi connectivity index (χ4n) is 2.85. The normalized spacial score (nSPS) is 13.7. The fraction of sp³-hybridized carbons (Fsp3) is 0.111. The van der Waals surface area contributed by atoms with Gasteiger partial charge in [-0.1, -0.05) is 31.2 Å². The number of hydrogen-bond donors (Lipinski definition) is 0. The number of rotatable bonds is 2. The van der Waals surface area contributed by atoms with Crippen LogP contribution < -0.4 is 9.47 Å². The van der Waals surface area contributed by atoms with Crippen molar-refractivity contribution < 1.29 is 14.2 Å². The van der Waals surface area contributed by atoms with E-state index in [1.807, 2.05) is 30.3 Å². The number of hydrogen-bond acceptors (Lipinski definition) is 3. The van der Waals surface area contributed by atoms with Gasteiger partial charge in [0.15, 0.2) is 5.52 Å². The summed E-state index contributed by atoms with van der Waals surface area (Å²) in [6.45, 7) is 2.06. The molecular weight excluding hydrogens is 290 g/mol. The molecule has 1 aliphatic rings. The smallest absolute Gasteiger partial charge is 0.248 e. The van der Waals surface area contributed by atoms with Gasteiger partial charge >= 0.3 is 11.9 Å². The second-order valence-corrected chi connectivity index (χ2v) is 5.41. The lowest BCUT2D eigenvalue weighted by atomic mass is 10.1. The summed E-state index contributed by atoms with van der Waals surface area (Å²) in [5.74, 6) is -0.350. The van der Waals surface area contributed by atoms with Gasteiger partial charge in [-0.3, -0.25) is 0 Å². The number of nitrogens with zero attached hydrogens (tertiary/aromatic N) is 3. The number of aromatic nitrogens is 2.